The van der Waals surface area contributed by atoms with Crippen molar-refractivity contribution in [1.82, 2.24) is 19.4 Å². The fourth-order valence-electron chi connectivity index (χ4n) is 2.35. The summed E-state index contributed by atoms with van der Waals surface area (Å²) in [7, 11) is 3.55. The summed E-state index contributed by atoms with van der Waals surface area (Å²) in [6.07, 6.45) is 0. The Morgan fingerprint density at radius 1 is 0.880 bits per heavy atom. The van der Waals surface area contributed by atoms with E-state index in [1.807, 2.05) is 0 Å². The Morgan fingerprint density at radius 2 is 1.56 bits per heavy atom. The molecule has 10 nitrogen and oxygen atoms in total. The van der Waals surface area contributed by atoms with E-state index in [9.17, 15) is 14.4 Å². The van der Waals surface area contributed by atoms with Crippen LogP contribution in [-0.4, -0.2) is 58.6 Å². The molecule has 0 atom stereocenters. The van der Waals surface area contributed by atoms with Crippen LogP contribution in [0.1, 0.15) is 31.6 Å². The number of fused-ring (bicyclic) bond motifs is 3. The third-order valence-electron chi connectivity index (χ3n) is 3.43. The zero-order valence-electron chi connectivity index (χ0n) is 13.5. The number of aromatic nitrogens is 4. The minimum atomic E-state index is -0.840. The summed E-state index contributed by atoms with van der Waals surface area (Å²) in [6.45, 7) is 0. The highest BCUT2D eigenvalue weighted by atomic mass is 16.5. The smallest absolute Gasteiger partial charge is 0.376 e. The summed E-state index contributed by atoms with van der Waals surface area (Å²) in [4.78, 5) is 48.1. The summed E-state index contributed by atoms with van der Waals surface area (Å²) in [5.41, 5.74) is 0.789. The van der Waals surface area contributed by atoms with E-state index in [-0.39, 0.29) is 28.5 Å². The Hall–Kier alpha value is -3.56. The van der Waals surface area contributed by atoms with Gasteiger partial charge < -0.3 is 14.2 Å². The van der Waals surface area contributed by atoms with Crippen LogP contribution in [0.15, 0.2) is 18.2 Å². The molecule has 0 bridgehead atoms. The normalized spacial score (nSPS) is 10.7. The summed E-state index contributed by atoms with van der Waals surface area (Å²) in [6, 6.07) is 4.74. The molecule has 0 aliphatic carbocycles. The quantitative estimate of drug-likeness (QED) is 0.497. The van der Waals surface area contributed by atoms with E-state index >= 15 is 0 Å². The molecule has 0 spiro atoms. The Morgan fingerprint density at radius 3 is 2.20 bits per heavy atom. The van der Waals surface area contributed by atoms with Crippen LogP contribution in [0.2, 0.25) is 0 Å². The molecular formula is C15H12N4O6. The van der Waals surface area contributed by atoms with Crippen LogP contribution < -0.4 is 0 Å². The molecule has 3 aromatic rings. The lowest BCUT2D eigenvalue weighted by Gasteiger charge is -2.07. The summed E-state index contributed by atoms with van der Waals surface area (Å²) < 4.78 is 15.3. The van der Waals surface area contributed by atoms with Gasteiger partial charge in [0.1, 0.15) is 0 Å². The molecule has 0 radical (unpaired) electrons. The first kappa shape index (κ1) is 16.3. The maximum Gasteiger partial charge on any atom is 0.376 e. The molecule has 2 aromatic heterocycles. The first-order valence-electron chi connectivity index (χ1n) is 6.96. The van der Waals surface area contributed by atoms with Crippen molar-refractivity contribution in [2.75, 3.05) is 21.3 Å². The van der Waals surface area contributed by atoms with Gasteiger partial charge in [0.05, 0.1) is 37.9 Å². The number of ether oxygens (including phenoxy) is 3. The molecular weight excluding hydrogens is 332 g/mol. The maximum absolute atomic E-state index is 12.2. The summed E-state index contributed by atoms with van der Waals surface area (Å²) in [5.74, 6) is -2.94. The highest BCUT2D eigenvalue weighted by Crippen LogP contribution is 2.22. The lowest BCUT2D eigenvalue weighted by atomic mass is 10.2. The number of carbonyl (C=O) groups is 3. The molecule has 0 aliphatic heterocycles. The van der Waals surface area contributed by atoms with Crippen LogP contribution in [0.5, 0.6) is 0 Å². The van der Waals surface area contributed by atoms with Gasteiger partial charge in [-0.1, -0.05) is 6.07 Å². The van der Waals surface area contributed by atoms with Gasteiger partial charge in [0, 0.05) is 0 Å². The van der Waals surface area contributed by atoms with Crippen molar-refractivity contribution in [2.24, 2.45) is 0 Å². The minimum absolute atomic E-state index is 0.0119. The van der Waals surface area contributed by atoms with Crippen molar-refractivity contribution < 1.29 is 28.6 Å². The molecule has 0 saturated carbocycles. The topological polar surface area (TPSA) is 122 Å². The van der Waals surface area contributed by atoms with E-state index in [1.165, 1.54) is 17.6 Å². The Kier molecular flexibility index (Phi) is 4.01. The van der Waals surface area contributed by atoms with Crippen LogP contribution >= 0.6 is 0 Å². The fraction of sp³-hybridized carbons (Fsp3) is 0.200. The van der Waals surface area contributed by atoms with E-state index < -0.39 is 17.9 Å². The zero-order chi connectivity index (χ0) is 18.1. The third-order valence-corrected chi connectivity index (χ3v) is 3.43. The highest BCUT2D eigenvalue weighted by Gasteiger charge is 2.25. The molecule has 0 unspecified atom stereocenters. The second-order valence-corrected chi connectivity index (χ2v) is 4.77. The van der Waals surface area contributed by atoms with Gasteiger partial charge in [-0.05, 0) is 12.1 Å². The van der Waals surface area contributed by atoms with Gasteiger partial charge in [-0.15, -0.1) is 0 Å². The fourth-order valence-corrected chi connectivity index (χ4v) is 2.35. The third kappa shape index (κ3) is 2.53. The Balaban J connectivity index is 2.47. The summed E-state index contributed by atoms with van der Waals surface area (Å²) in [5, 5.41) is 0. The van der Waals surface area contributed by atoms with Crippen LogP contribution in [0, 0.1) is 0 Å². The molecule has 0 aliphatic rings. The SMILES string of the molecule is COC(=O)c1nc(C(=O)OC)n2c(n1)nc1cccc(C(=O)OC)c12. The monoisotopic (exact) mass is 344 g/mol. The molecule has 0 saturated heterocycles. The van der Waals surface area contributed by atoms with E-state index in [2.05, 4.69) is 19.7 Å². The number of carbonyl (C=O) groups excluding carboxylic acids is 3. The first-order valence-corrected chi connectivity index (χ1v) is 6.96. The molecule has 3 rings (SSSR count). The van der Waals surface area contributed by atoms with Crippen LogP contribution in [-0.2, 0) is 14.2 Å². The van der Waals surface area contributed by atoms with Gasteiger partial charge in [0.15, 0.2) is 0 Å². The van der Waals surface area contributed by atoms with Crippen molar-refractivity contribution in [1.29, 1.82) is 0 Å². The number of hydrogen-bond acceptors (Lipinski definition) is 9. The number of benzene rings is 1. The molecule has 0 amide bonds. The zero-order valence-corrected chi connectivity index (χ0v) is 13.5. The standard InChI is InChI=1S/C15H12N4O6/c1-23-12(20)7-5-4-6-8-9(7)19-11(14(22)25-3)17-10(13(21)24-2)18-15(19)16-8/h4-6H,1-3H3. The van der Waals surface area contributed by atoms with E-state index in [0.29, 0.717) is 5.52 Å². The number of para-hydroxylation sites is 1. The minimum Gasteiger partial charge on any atom is -0.465 e. The average molecular weight is 344 g/mol. The number of rotatable bonds is 3. The average Bonchev–Trinajstić information content (AvgIpc) is 3.03. The number of nitrogens with zero attached hydrogens (tertiary/aromatic N) is 4. The number of methoxy groups -OCH3 is 3. The Labute approximate surface area is 140 Å². The van der Waals surface area contributed by atoms with Gasteiger partial charge in [-0.2, -0.15) is 9.97 Å². The predicted molar refractivity (Wildman–Crippen MR) is 82.3 cm³/mol. The van der Waals surface area contributed by atoms with E-state index in [0.717, 1.165) is 14.2 Å². The lowest BCUT2D eigenvalue weighted by Crippen LogP contribution is -2.18. The molecule has 1 aromatic carbocycles. The number of imidazole rings is 1. The van der Waals surface area contributed by atoms with Gasteiger partial charge in [-0.3, -0.25) is 4.40 Å². The predicted octanol–water partition coefficient (Wildman–Crippen LogP) is 0.637. The van der Waals surface area contributed by atoms with Crippen molar-refractivity contribution in [3.05, 3.63) is 35.4 Å². The second kappa shape index (κ2) is 6.15. The van der Waals surface area contributed by atoms with Gasteiger partial charge in [0.2, 0.25) is 17.4 Å². The van der Waals surface area contributed by atoms with Crippen molar-refractivity contribution in [3.63, 3.8) is 0 Å². The first-order chi connectivity index (χ1) is 12.0. The van der Waals surface area contributed by atoms with Crippen molar-refractivity contribution in [2.45, 2.75) is 0 Å². The van der Waals surface area contributed by atoms with Gasteiger partial charge >= 0.3 is 17.9 Å². The maximum atomic E-state index is 12.2. The number of esters is 3. The number of hydrogen-bond donors (Lipinski definition) is 0. The van der Waals surface area contributed by atoms with E-state index in [1.54, 1.807) is 12.1 Å². The van der Waals surface area contributed by atoms with Crippen LogP contribution in [0.3, 0.4) is 0 Å². The van der Waals surface area contributed by atoms with Crippen LogP contribution in [0.25, 0.3) is 16.8 Å². The Bertz CT molecular complexity index is 1030. The molecule has 128 valence electrons. The van der Waals surface area contributed by atoms with Crippen molar-refractivity contribution in [3.8, 4) is 0 Å². The van der Waals surface area contributed by atoms with Crippen LogP contribution in [0.4, 0.5) is 0 Å². The molecule has 0 N–H and O–H groups in total. The second-order valence-electron chi connectivity index (χ2n) is 4.77. The molecule has 2 heterocycles. The van der Waals surface area contributed by atoms with E-state index in [4.69, 9.17) is 9.47 Å². The largest absolute Gasteiger partial charge is 0.465 e. The molecule has 25 heavy (non-hydrogen) atoms. The molecule has 10 heteroatoms. The highest BCUT2D eigenvalue weighted by molar-refractivity contribution is 6.04. The van der Waals surface area contributed by atoms with Gasteiger partial charge in [-0.25, -0.2) is 19.4 Å². The van der Waals surface area contributed by atoms with Gasteiger partial charge in [0.25, 0.3) is 0 Å². The van der Waals surface area contributed by atoms with Crippen molar-refractivity contribution >= 4 is 34.7 Å². The summed E-state index contributed by atoms with van der Waals surface area (Å²) >= 11 is 0. The lowest BCUT2D eigenvalue weighted by molar-refractivity contribution is 0.0567. The molecule has 0 fully saturated rings.